The molecule has 0 aliphatic carbocycles. The van der Waals surface area contributed by atoms with Crippen molar-refractivity contribution in [2.24, 2.45) is 11.7 Å². The Kier molecular flexibility index (Phi) is 4.84. The molecular formula is C12H25N3O3S. The normalized spacial score (nSPS) is 33.7. The fourth-order valence-electron chi connectivity index (χ4n) is 2.75. The maximum absolute atomic E-state index is 12.3. The van der Waals surface area contributed by atoms with Crippen molar-refractivity contribution in [1.82, 2.24) is 9.03 Å². The monoisotopic (exact) mass is 291 g/mol. The predicted molar refractivity (Wildman–Crippen MR) is 73.9 cm³/mol. The molecule has 2 unspecified atom stereocenters. The summed E-state index contributed by atoms with van der Waals surface area (Å²) in [6, 6.07) is 0. The zero-order valence-electron chi connectivity index (χ0n) is 11.6. The van der Waals surface area contributed by atoms with Gasteiger partial charge in [0, 0.05) is 26.2 Å². The zero-order chi connectivity index (χ0) is 13.9. The summed E-state index contributed by atoms with van der Waals surface area (Å²) in [5.74, 6) is 0.281. The van der Waals surface area contributed by atoms with E-state index in [0.717, 1.165) is 32.3 Å². The summed E-state index contributed by atoms with van der Waals surface area (Å²) in [5, 5.41) is 0. The molecule has 2 aliphatic rings. The number of piperidine rings is 1. The Balaban J connectivity index is 1.90. The summed E-state index contributed by atoms with van der Waals surface area (Å²) in [6.07, 6.45) is 3.80. The number of rotatable bonds is 5. The van der Waals surface area contributed by atoms with Gasteiger partial charge in [-0.05, 0) is 45.1 Å². The molecule has 2 saturated heterocycles. The fourth-order valence-corrected chi connectivity index (χ4v) is 4.20. The van der Waals surface area contributed by atoms with Crippen LogP contribution in [0.25, 0.3) is 0 Å². The summed E-state index contributed by atoms with van der Waals surface area (Å²) in [5.41, 5.74) is 5.29. The first-order valence-corrected chi connectivity index (χ1v) is 8.48. The van der Waals surface area contributed by atoms with Crippen molar-refractivity contribution in [3.05, 3.63) is 0 Å². The molecule has 19 heavy (non-hydrogen) atoms. The Hall–Kier alpha value is -0.210. The number of hydrogen-bond acceptors (Lipinski definition) is 4. The van der Waals surface area contributed by atoms with Crippen molar-refractivity contribution in [2.45, 2.75) is 38.2 Å². The first-order valence-electron chi connectivity index (χ1n) is 7.04. The van der Waals surface area contributed by atoms with Crippen LogP contribution in [0, 0.1) is 5.92 Å². The van der Waals surface area contributed by atoms with E-state index in [-0.39, 0.29) is 11.5 Å². The third-order valence-electron chi connectivity index (χ3n) is 4.08. The highest BCUT2D eigenvalue weighted by atomic mass is 32.2. The highest BCUT2D eigenvalue weighted by molar-refractivity contribution is 7.87. The Bertz CT molecular complexity index is 393. The molecule has 7 heteroatoms. The zero-order valence-corrected chi connectivity index (χ0v) is 12.4. The Morgan fingerprint density at radius 3 is 2.89 bits per heavy atom. The highest BCUT2D eigenvalue weighted by Crippen LogP contribution is 2.24. The average molecular weight is 291 g/mol. The van der Waals surface area contributed by atoms with Crippen molar-refractivity contribution in [3.8, 4) is 0 Å². The van der Waals surface area contributed by atoms with E-state index in [1.807, 2.05) is 6.92 Å². The molecule has 2 rings (SSSR count). The van der Waals surface area contributed by atoms with Crippen molar-refractivity contribution in [1.29, 1.82) is 0 Å². The maximum Gasteiger partial charge on any atom is 0.279 e. The van der Waals surface area contributed by atoms with E-state index in [1.54, 1.807) is 0 Å². The maximum atomic E-state index is 12.3. The molecule has 112 valence electrons. The molecule has 0 bridgehead atoms. The molecule has 2 atom stereocenters. The summed E-state index contributed by atoms with van der Waals surface area (Å²) < 4.78 is 34.3. The van der Waals surface area contributed by atoms with Crippen molar-refractivity contribution in [2.75, 3.05) is 32.8 Å². The van der Waals surface area contributed by atoms with Crippen LogP contribution in [0.3, 0.4) is 0 Å². The molecule has 2 aliphatic heterocycles. The molecule has 0 aromatic rings. The minimum atomic E-state index is -3.40. The fraction of sp³-hybridized carbons (Fsp3) is 1.00. The molecule has 0 amide bonds. The molecule has 6 nitrogen and oxygen atoms in total. The first-order chi connectivity index (χ1) is 8.95. The minimum Gasteiger partial charge on any atom is -0.374 e. The number of hydrogen-bond donors (Lipinski definition) is 2. The van der Waals surface area contributed by atoms with Gasteiger partial charge in [-0.3, -0.25) is 0 Å². The minimum absolute atomic E-state index is 0.281. The quantitative estimate of drug-likeness (QED) is 0.750. The molecule has 0 saturated carbocycles. The van der Waals surface area contributed by atoms with Gasteiger partial charge in [-0.2, -0.15) is 17.4 Å². The van der Waals surface area contributed by atoms with Gasteiger partial charge in [0.2, 0.25) is 0 Å². The molecule has 2 fully saturated rings. The number of nitrogens with one attached hydrogen (secondary N) is 1. The lowest BCUT2D eigenvalue weighted by atomic mass is 10.0. The van der Waals surface area contributed by atoms with Gasteiger partial charge in [-0.1, -0.05) is 0 Å². The molecule has 0 aromatic heterocycles. The number of nitrogens with two attached hydrogens (primary N) is 1. The van der Waals surface area contributed by atoms with Gasteiger partial charge in [-0.15, -0.1) is 0 Å². The van der Waals surface area contributed by atoms with E-state index in [9.17, 15) is 8.42 Å². The van der Waals surface area contributed by atoms with Gasteiger partial charge in [0.1, 0.15) is 0 Å². The molecule has 2 heterocycles. The molecule has 3 N–H and O–H groups in total. The van der Waals surface area contributed by atoms with Crippen LogP contribution in [0.4, 0.5) is 0 Å². The lowest BCUT2D eigenvalue weighted by Crippen LogP contribution is -2.50. The SMILES string of the molecule is CC1(CNS(=O)(=O)N2CCCC(CN)C2)CCCO1. The Morgan fingerprint density at radius 1 is 1.47 bits per heavy atom. The predicted octanol–water partition coefficient (Wildman–Crippen LogP) is 0.0606. The lowest BCUT2D eigenvalue weighted by molar-refractivity contribution is 0.0247. The van der Waals surface area contributed by atoms with Gasteiger partial charge >= 0.3 is 0 Å². The topological polar surface area (TPSA) is 84.7 Å². The third-order valence-corrected chi connectivity index (χ3v) is 5.60. The smallest absolute Gasteiger partial charge is 0.279 e. The van der Waals surface area contributed by atoms with Crippen LogP contribution in [-0.4, -0.2) is 51.1 Å². The van der Waals surface area contributed by atoms with Crippen LogP contribution in [0.15, 0.2) is 0 Å². The second-order valence-electron chi connectivity index (χ2n) is 5.83. The van der Waals surface area contributed by atoms with Crippen LogP contribution in [0.2, 0.25) is 0 Å². The third kappa shape index (κ3) is 3.88. The summed E-state index contributed by atoms with van der Waals surface area (Å²) in [6.45, 7) is 4.69. The van der Waals surface area contributed by atoms with E-state index >= 15 is 0 Å². The van der Waals surface area contributed by atoms with Crippen LogP contribution in [0.1, 0.15) is 32.6 Å². The lowest BCUT2D eigenvalue weighted by Gasteiger charge is -2.32. The van der Waals surface area contributed by atoms with Gasteiger partial charge in [0.25, 0.3) is 10.2 Å². The molecule has 0 aromatic carbocycles. The van der Waals surface area contributed by atoms with Crippen LogP contribution >= 0.6 is 0 Å². The van der Waals surface area contributed by atoms with E-state index in [2.05, 4.69) is 4.72 Å². The second kappa shape index (κ2) is 6.05. The molecular weight excluding hydrogens is 266 g/mol. The van der Waals surface area contributed by atoms with Gasteiger partial charge in [0.05, 0.1) is 5.60 Å². The summed E-state index contributed by atoms with van der Waals surface area (Å²) in [4.78, 5) is 0. The largest absolute Gasteiger partial charge is 0.374 e. The number of ether oxygens (including phenoxy) is 1. The van der Waals surface area contributed by atoms with Gasteiger partial charge in [-0.25, -0.2) is 0 Å². The van der Waals surface area contributed by atoms with E-state index in [0.29, 0.717) is 26.2 Å². The van der Waals surface area contributed by atoms with Crippen molar-refractivity contribution >= 4 is 10.2 Å². The second-order valence-corrected chi connectivity index (χ2v) is 7.59. The van der Waals surface area contributed by atoms with Crippen LogP contribution in [-0.2, 0) is 14.9 Å². The first kappa shape index (κ1) is 15.2. The van der Waals surface area contributed by atoms with Gasteiger partial charge in [0.15, 0.2) is 0 Å². The van der Waals surface area contributed by atoms with Crippen LogP contribution < -0.4 is 10.5 Å². The van der Waals surface area contributed by atoms with Crippen molar-refractivity contribution < 1.29 is 13.2 Å². The molecule has 0 radical (unpaired) electrons. The Morgan fingerprint density at radius 2 is 2.26 bits per heavy atom. The average Bonchev–Trinajstić information content (AvgIpc) is 2.84. The van der Waals surface area contributed by atoms with E-state index in [4.69, 9.17) is 10.5 Å². The molecule has 0 spiro atoms. The van der Waals surface area contributed by atoms with E-state index < -0.39 is 10.2 Å². The summed E-state index contributed by atoms with van der Waals surface area (Å²) in [7, 11) is -3.40. The van der Waals surface area contributed by atoms with Crippen LogP contribution in [0.5, 0.6) is 0 Å². The highest BCUT2D eigenvalue weighted by Gasteiger charge is 2.34. The van der Waals surface area contributed by atoms with Gasteiger partial charge < -0.3 is 10.5 Å². The standard InChI is InChI=1S/C12H25N3O3S/c1-12(5-3-7-18-12)10-14-19(16,17)15-6-2-4-11(8-13)9-15/h11,14H,2-10,13H2,1H3. The van der Waals surface area contributed by atoms with E-state index in [1.165, 1.54) is 4.31 Å². The van der Waals surface area contributed by atoms with Crippen molar-refractivity contribution in [3.63, 3.8) is 0 Å². The summed E-state index contributed by atoms with van der Waals surface area (Å²) >= 11 is 0. The number of nitrogens with zero attached hydrogens (tertiary/aromatic N) is 1. The Labute approximate surface area is 115 Å².